The number of para-hydroxylation sites is 1. The second kappa shape index (κ2) is 8.69. The Morgan fingerprint density at radius 1 is 1.07 bits per heavy atom. The number of rotatable bonds is 6. The molecule has 1 saturated carbocycles. The molecular formula is C22H25F2N5O. The lowest BCUT2D eigenvalue weighted by Crippen LogP contribution is -2.40. The van der Waals surface area contributed by atoms with E-state index in [2.05, 4.69) is 20.9 Å². The molecule has 3 aromatic rings. The highest BCUT2D eigenvalue weighted by Gasteiger charge is 2.24. The normalized spacial score (nSPS) is 19.1. The average molecular weight is 413 g/mol. The van der Waals surface area contributed by atoms with Crippen molar-refractivity contribution in [3.8, 4) is 0 Å². The molecule has 2 aromatic heterocycles. The van der Waals surface area contributed by atoms with E-state index in [1.165, 1.54) is 6.20 Å². The van der Waals surface area contributed by atoms with E-state index >= 15 is 0 Å². The van der Waals surface area contributed by atoms with Gasteiger partial charge in [0.1, 0.15) is 17.2 Å². The minimum absolute atomic E-state index is 0.0703. The third-order valence-electron chi connectivity index (χ3n) is 5.59. The van der Waals surface area contributed by atoms with Gasteiger partial charge in [0, 0.05) is 31.0 Å². The minimum atomic E-state index is -2.59. The van der Waals surface area contributed by atoms with E-state index in [-0.39, 0.29) is 23.7 Å². The third kappa shape index (κ3) is 4.22. The molecule has 1 aliphatic rings. The summed E-state index contributed by atoms with van der Waals surface area (Å²) in [6, 6.07) is 13.2. The van der Waals surface area contributed by atoms with E-state index < -0.39 is 6.43 Å². The number of hydrogen-bond acceptors (Lipinski definition) is 4. The van der Waals surface area contributed by atoms with Gasteiger partial charge in [-0.3, -0.25) is 9.20 Å². The Morgan fingerprint density at radius 3 is 2.53 bits per heavy atom. The Hall–Kier alpha value is -3.16. The van der Waals surface area contributed by atoms with Crippen LogP contribution in [0.2, 0.25) is 0 Å². The van der Waals surface area contributed by atoms with Crippen LogP contribution in [0.1, 0.15) is 48.2 Å². The number of carbonyl (C=O) groups excluding carboxylic acids is 1. The van der Waals surface area contributed by atoms with E-state index in [9.17, 15) is 13.6 Å². The molecule has 0 saturated heterocycles. The number of benzene rings is 1. The van der Waals surface area contributed by atoms with Crippen LogP contribution in [0.25, 0.3) is 5.65 Å². The fourth-order valence-corrected chi connectivity index (χ4v) is 4.01. The molecule has 0 bridgehead atoms. The van der Waals surface area contributed by atoms with Crippen LogP contribution >= 0.6 is 0 Å². The quantitative estimate of drug-likeness (QED) is 0.558. The lowest BCUT2D eigenvalue weighted by Gasteiger charge is -2.30. The van der Waals surface area contributed by atoms with Gasteiger partial charge < -0.3 is 16.0 Å². The number of halogens is 2. The molecule has 2 heterocycles. The van der Waals surface area contributed by atoms with Gasteiger partial charge in [0.2, 0.25) is 0 Å². The fourth-order valence-electron chi connectivity index (χ4n) is 4.01. The summed E-state index contributed by atoms with van der Waals surface area (Å²) in [5, 5.41) is 9.64. The summed E-state index contributed by atoms with van der Waals surface area (Å²) in [6.07, 6.45) is 2.26. The maximum atomic E-state index is 13.0. The van der Waals surface area contributed by atoms with Crippen molar-refractivity contribution in [1.82, 2.24) is 14.7 Å². The van der Waals surface area contributed by atoms with Gasteiger partial charge in [-0.15, -0.1) is 0 Å². The van der Waals surface area contributed by atoms with E-state index in [1.54, 1.807) is 17.5 Å². The molecule has 8 heteroatoms. The van der Waals surface area contributed by atoms with Gasteiger partial charge in [-0.05, 0) is 49.9 Å². The number of hydrogen-bond donors (Lipinski definition) is 3. The summed E-state index contributed by atoms with van der Waals surface area (Å²) in [4.78, 5) is 16.6. The van der Waals surface area contributed by atoms with Crippen LogP contribution in [0.15, 0.2) is 48.7 Å². The SMILES string of the molecule is CNc1ccccc1C(=O)N[C@H]1CC[C@@H](Nc2cccc3nc(C(F)F)cn23)CC1. The standard InChI is InChI=1S/C22H25F2N5O/c1-25-17-6-3-2-5-16(17)22(30)27-15-11-9-14(10-12-15)26-19-7-4-8-20-28-18(21(23)24)13-29(19)20/h2-8,13-15,21,25-26H,9-12H2,1H3,(H,27,30)/t14-,15+. The molecule has 1 amide bonds. The first-order valence-electron chi connectivity index (χ1n) is 10.2. The Bertz CT molecular complexity index is 1030. The van der Waals surface area contributed by atoms with Gasteiger partial charge >= 0.3 is 0 Å². The van der Waals surface area contributed by atoms with Crippen molar-refractivity contribution in [2.24, 2.45) is 0 Å². The molecule has 0 radical (unpaired) electrons. The monoisotopic (exact) mass is 413 g/mol. The lowest BCUT2D eigenvalue weighted by atomic mass is 9.91. The van der Waals surface area contributed by atoms with Gasteiger partial charge in [-0.2, -0.15) is 0 Å². The smallest absolute Gasteiger partial charge is 0.281 e. The maximum Gasteiger partial charge on any atom is 0.281 e. The molecule has 0 spiro atoms. The van der Waals surface area contributed by atoms with Crippen LogP contribution < -0.4 is 16.0 Å². The number of carbonyl (C=O) groups is 1. The van der Waals surface area contributed by atoms with Crippen LogP contribution in [0.5, 0.6) is 0 Å². The Morgan fingerprint density at radius 2 is 1.80 bits per heavy atom. The first-order chi connectivity index (χ1) is 14.5. The first kappa shape index (κ1) is 20.1. The number of imidazole rings is 1. The van der Waals surface area contributed by atoms with Crippen LogP contribution in [-0.2, 0) is 0 Å². The van der Waals surface area contributed by atoms with Crippen molar-refractivity contribution in [2.45, 2.75) is 44.2 Å². The summed E-state index contributed by atoms with van der Waals surface area (Å²) in [5.74, 6) is 0.682. The Kier molecular flexibility index (Phi) is 5.83. The molecule has 158 valence electrons. The zero-order chi connectivity index (χ0) is 21.1. The molecule has 6 nitrogen and oxygen atoms in total. The number of aromatic nitrogens is 2. The fraction of sp³-hybridized carbons (Fsp3) is 0.364. The second-order valence-electron chi connectivity index (χ2n) is 7.57. The third-order valence-corrected chi connectivity index (χ3v) is 5.59. The molecule has 30 heavy (non-hydrogen) atoms. The number of anilines is 2. The van der Waals surface area contributed by atoms with Crippen molar-refractivity contribution < 1.29 is 13.6 Å². The van der Waals surface area contributed by atoms with Gasteiger partial charge in [-0.1, -0.05) is 18.2 Å². The first-order valence-corrected chi connectivity index (χ1v) is 10.2. The lowest BCUT2D eigenvalue weighted by molar-refractivity contribution is 0.0927. The van der Waals surface area contributed by atoms with Crippen molar-refractivity contribution in [1.29, 1.82) is 0 Å². The van der Waals surface area contributed by atoms with Crippen LogP contribution in [0.3, 0.4) is 0 Å². The number of amides is 1. The van der Waals surface area contributed by atoms with E-state index in [1.807, 2.05) is 36.4 Å². The summed E-state index contributed by atoms with van der Waals surface area (Å²) < 4.78 is 27.6. The van der Waals surface area contributed by atoms with Crippen LogP contribution in [0, 0.1) is 0 Å². The highest BCUT2D eigenvalue weighted by Crippen LogP contribution is 2.25. The summed E-state index contributed by atoms with van der Waals surface area (Å²) in [6.45, 7) is 0. The van der Waals surface area contributed by atoms with Gasteiger partial charge in [0.15, 0.2) is 0 Å². The van der Waals surface area contributed by atoms with Crippen LogP contribution in [0.4, 0.5) is 20.3 Å². The summed E-state index contributed by atoms with van der Waals surface area (Å²) in [5.41, 5.74) is 1.72. The molecule has 0 atom stereocenters. The second-order valence-corrected chi connectivity index (χ2v) is 7.57. The zero-order valence-electron chi connectivity index (χ0n) is 16.7. The molecule has 1 aromatic carbocycles. The Labute approximate surface area is 173 Å². The predicted molar refractivity (Wildman–Crippen MR) is 113 cm³/mol. The molecule has 0 aliphatic heterocycles. The largest absolute Gasteiger partial charge is 0.387 e. The number of pyridine rings is 1. The van der Waals surface area contributed by atoms with Crippen molar-refractivity contribution in [3.05, 3.63) is 59.9 Å². The summed E-state index contributed by atoms with van der Waals surface area (Å²) in [7, 11) is 1.80. The Balaban J connectivity index is 1.36. The maximum absolute atomic E-state index is 13.0. The zero-order valence-corrected chi connectivity index (χ0v) is 16.7. The van der Waals surface area contributed by atoms with E-state index in [4.69, 9.17) is 0 Å². The van der Waals surface area contributed by atoms with Crippen LogP contribution in [-0.4, -0.2) is 34.4 Å². The van der Waals surface area contributed by atoms with Gasteiger partial charge in [0.25, 0.3) is 12.3 Å². The van der Waals surface area contributed by atoms with Crippen molar-refractivity contribution in [3.63, 3.8) is 0 Å². The minimum Gasteiger partial charge on any atom is -0.387 e. The number of nitrogens with one attached hydrogen (secondary N) is 3. The predicted octanol–water partition coefficient (Wildman–Crippen LogP) is 4.47. The molecule has 0 unspecified atom stereocenters. The summed E-state index contributed by atoms with van der Waals surface area (Å²) >= 11 is 0. The average Bonchev–Trinajstić information content (AvgIpc) is 3.21. The highest BCUT2D eigenvalue weighted by molar-refractivity contribution is 5.99. The molecular weight excluding hydrogens is 388 g/mol. The van der Waals surface area contributed by atoms with Gasteiger partial charge in [0.05, 0.1) is 5.56 Å². The van der Waals surface area contributed by atoms with Crippen molar-refractivity contribution in [2.75, 3.05) is 17.7 Å². The van der Waals surface area contributed by atoms with Crippen molar-refractivity contribution >= 4 is 23.1 Å². The topological polar surface area (TPSA) is 70.5 Å². The molecule has 3 N–H and O–H groups in total. The van der Waals surface area contributed by atoms with Gasteiger partial charge in [-0.25, -0.2) is 13.8 Å². The molecule has 4 rings (SSSR count). The number of fused-ring (bicyclic) bond motifs is 1. The number of nitrogens with zero attached hydrogens (tertiary/aromatic N) is 2. The molecule has 1 fully saturated rings. The van der Waals surface area contributed by atoms with E-state index in [0.29, 0.717) is 11.2 Å². The molecule has 1 aliphatic carbocycles. The van der Waals surface area contributed by atoms with E-state index in [0.717, 1.165) is 37.2 Å². The highest BCUT2D eigenvalue weighted by atomic mass is 19.3. The number of alkyl halides is 2.